The molecule has 0 spiro atoms. The van der Waals surface area contributed by atoms with E-state index in [1.165, 1.54) is 0 Å². The zero-order valence-corrected chi connectivity index (χ0v) is 15.3. The van der Waals surface area contributed by atoms with Crippen LogP contribution in [0.25, 0.3) is 0 Å². The van der Waals surface area contributed by atoms with Crippen LogP contribution in [-0.2, 0) is 11.8 Å². The van der Waals surface area contributed by atoms with E-state index in [2.05, 4.69) is 42.4 Å². The number of carbonyl (C=O) groups is 1. The van der Waals surface area contributed by atoms with Crippen molar-refractivity contribution < 1.29 is 9.53 Å². The number of nitrogens with one attached hydrogen (secondary N) is 1. The fourth-order valence-corrected chi connectivity index (χ4v) is 2.86. The van der Waals surface area contributed by atoms with Gasteiger partial charge >= 0.3 is 0 Å². The highest BCUT2D eigenvalue weighted by Gasteiger charge is 2.05. The molecule has 116 valence electrons. The first kappa shape index (κ1) is 16.8. The summed E-state index contributed by atoms with van der Waals surface area (Å²) in [6.07, 6.45) is 1.60. The number of hydrogen-bond acceptors (Lipinski definition) is 3. The lowest BCUT2D eigenvalue weighted by molar-refractivity contribution is -0.123. The molecule has 0 saturated heterocycles. The quantitative estimate of drug-likeness (QED) is 0.586. The molecule has 5 nitrogen and oxygen atoms in total. The van der Waals surface area contributed by atoms with E-state index in [9.17, 15) is 4.79 Å². The van der Waals surface area contributed by atoms with Crippen LogP contribution in [0, 0.1) is 6.92 Å². The molecule has 1 amide bonds. The highest BCUT2D eigenvalue weighted by Crippen LogP contribution is 2.27. The SMILES string of the molecule is Cc1ccc(/C=N\NC(=O)COc2ccc(Br)cc2Br)n1C. The first-order valence-corrected chi connectivity index (χ1v) is 8.08. The van der Waals surface area contributed by atoms with Crippen molar-refractivity contribution in [2.45, 2.75) is 6.92 Å². The van der Waals surface area contributed by atoms with Gasteiger partial charge in [-0.25, -0.2) is 5.43 Å². The van der Waals surface area contributed by atoms with Crippen molar-refractivity contribution >= 4 is 44.0 Å². The summed E-state index contributed by atoms with van der Waals surface area (Å²) >= 11 is 6.73. The van der Waals surface area contributed by atoms with E-state index in [0.29, 0.717) is 5.75 Å². The standard InChI is InChI=1S/C15H15Br2N3O2/c1-10-3-5-12(20(10)2)8-18-19-15(21)9-22-14-6-4-11(16)7-13(14)17/h3-8H,9H2,1-2H3,(H,19,21)/b18-8-. The van der Waals surface area contributed by atoms with Gasteiger partial charge in [-0.3, -0.25) is 4.79 Å². The Morgan fingerprint density at radius 1 is 1.36 bits per heavy atom. The molecule has 1 heterocycles. The van der Waals surface area contributed by atoms with Crippen LogP contribution in [-0.4, -0.2) is 23.3 Å². The molecule has 1 N–H and O–H groups in total. The summed E-state index contributed by atoms with van der Waals surface area (Å²) < 4.78 is 9.11. The van der Waals surface area contributed by atoms with E-state index >= 15 is 0 Å². The number of nitrogens with zero attached hydrogens (tertiary/aromatic N) is 2. The van der Waals surface area contributed by atoms with Gasteiger partial charge in [0, 0.05) is 17.2 Å². The van der Waals surface area contributed by atoms with Gasteiger partial charge in [0.2, 0.25) is 0 Å². The molecule has 0 radical (unpaired) electrons. The zero-order chi connectivity index (χ0) is 16.1. The molecular formula is C15H15Br2N3O2. The molecular weight excluding hydrogens is 414 g/mol. The Morgan fingerprint density at radius 3 is 2.77 bits per heavy atom. The van der Waals surface area contributed by atoms with E-state index in [1.807, 2.05) is 42.8 Å². The van der Waals surface area contributed by atoms with Gasteiger partial charge in [-0.2, -0.15) is 5.10 Å². The van der Waals surface area contributed by atoms with E-state index < -0.39 is 0 Å². The van der Waals surface area contributed by atoms with Crippen molar-refractivity contribution in [1.29, 1.82) is 0 Å². The molecule has 22 heavy (non-hydrogen) atoms. The highest BCUT2D eigenvalue weighted by atomic mass is 79.9. The second-order valence-corrected chi connectivity index (χ2v) is 6.39. The fraction of sp³-hybridized carbons (Fsp3) is 0.200. The Labute approximate surface area is 145 Å². The van der Waals surface area contributed by atoms with Crippen LogP contribution in [0.5, 0.6) is 5.75 Å². The molecule has 2 rings (SSSR count). The first-order chi connectivity index (χ1) is 10.5. The Hall–Kier alpha value is -1.60. The molecule has 0 aliphatic carbocycles. The van der Waals surface area contributed by atoms with Gasteiger partial charge in [-0.1, -0.05) is 15.9 Å². The molecule has 1 aromatic heterocycles. The van der Waals surface area contributed by atoms with Crippen molar-refractivity contribution in [3.05, 3.63) is 50.7 Å². The molecule has 0 fully saturated rings. The maximum absolute atomic E-state index is 11.7. The smallest absolute Gasteiger partial charge is 0.277 e. The van der Waals surface area contributed by atoms with Gasteiger partial charge in [-0.05, 0) is 53.2 Å². The van der Waals surface area contributed by atoms with E-state index in [4.69, 9.17) is 4.74 Å². The van der Waals surface area contributed by atoms with E-state index in [0.717, 1.165) is 20.3 Å². The molecule has 0 unspecified atom stereocenters. The number of aromatic nitrogens is 1. The summed E-state index contributed by atoms with van der Waals surface area (Å²) in [5.41, 5.74) is 4.47. The van der Waals surface area contributed by atoms with Gasteiger partial charge in [0.15, 0.2) is 6.61 Å². The number of ether oxygens (including phenoxy) is 1. The lowest BCUT2D eigenvalue weighted by Crippen LogP contribution is -2.24. The van der Waals surface area contributed by atoms with Gasteiger partial charge in [-0.15, -0.1) is 0 Å². The van der Waals surface area contributed by atoms with Gasteiger partial charge in [0.1, 0.15) is 5.75 Å². The molecule has 0 aliphatic rings. The van der Waals surface area contributed by atoms with Crippen LogP contribution in [0.1, 0.15) is 11.4 Å². The van der Waals surface area contributed by atoms with Crippen LogP contribution in [0.2, 0.25) is 0 Å². The van der Waals surface area contributed by atoms with Gasteiger partial charge in [0.05, 0.1) is 16.4 Å². The zero-order valence-electron chi connectivity index (χ0n) is 12.1. The van der Waals surface area contributed by atoms with Crippen molar-refractivity contribution in [1.82, 2.24) is 9.99 Å². The monoisotopic (exact) mass is 427 g/mol. The van der Waals surface area contributed by atoms with E-state index in [-0.39, 0.29) is 12.5 Å². The Morgan fingerprint density at radius 2 is 2.14 bits per heavy atom. The number of carbonyl (C=O) groups excluding carboxylic acids is 1. The number of amides is 1. The third-order valence-corrected chi connectivity index (χ3v) is 4.16. The number of hydrazone groups is 1. The van der Waals surface area contributed by atoms with Crippen molar-refractivity contribution in [3.63, 3.8) is 0 Å². The highest BCUT2D eigenvalue weighted by molar-refractivity contribution is 9.11. The number of benzene rings is 1. The lowest BCUT2D eigenvalue weighted by Gasteiger charge is -2.07. The summed E-state index contributed by atoms with van der Waals surface area (Å²) in [6, 6.07) is 9.38. The maximum atomic E-state index is 11.7. The van der Waals surface area contributed by atoms with Crippen LogP contribution in [0.4, 0.5) is 0 Å². The molecule has 0 saturated carbocycles. The number of aryl methyl sites for hydroxylation is 1. The number of rotatable bonds is 5. The fourth-order valence-electron chi connectivity index (χ4n) is 1.70. The molecule has 2 aromatic rings. The summed E-state index contributed by atoms with van der Waals surface area (Å²) in [4.78, 5) is 11.7. The Balaban J connectivity index is 1.84. The Kier molecular flexibility index (Phi) is 5.79. The van der Waals surface area contributed by atoms with Crippen molar-refractivity contribution in [2.75, 3.05) is 6.61 Å². The minimum Gasteiger partial charge on any atom is -0.483 e. The molecule has 0 atom stereocenters. The predicted octanol–water partition coefficient (Wildman–Crippen LogP) is 3.39. The number of halogens is 2. The number of hydrogen-bond donors (Lipinski definition) is 1. The van der Waals surface area contributed by atoms with Gasteiger partial charge < -0.3 is 9.30 Å². The van der Waals surface area contributed by atoms with Crippen LogP contribution >= 0.6 is 31.9 Å². The van der Waals surface area contributed by atoms with Crippen molar-refractivity contribution in [3.8, 4) is 5.75 Å². The Bertz CT molecular complexity index is 711. The summed E-state index contributed by atoms with van der Waals surface area (Å²) in [6.45, 7) is 1.89. The van der Waals surface area contributed by atoms with Crippen LogP contribution in [0.3, 0.4) is 0 Å². The van der Waals surface area contributed by atoms with Gasteiger partial charge in [0.25, 0.3) is 5.91 Å². The lowest BCUT2D eigenvalue weighted by atomic mass is 10.3. The summed E-state index contributed by atoms with van der Waals surface area (Å²) in [5, 5.41) is 3.92. The largest absolute Gasteiger partial charge is 0.483 e. The average Bonchev–Trinajstić information content (AvgIpc) is 2.78. The first-order valence-electron chi connectivity index (χ1n) is 6.49. The summed E-state index contributed by atoms with van der Waals surface area (Å²) in [7, 11) is 1.94. The molecule has 0 aliphatic heterocycles. The predicted molar refractivity (Wildman–Crippen MR) is 93.2 cm³/mol. The molecule has 7 heteroatoms. The third kappa shape index (κ3) is 4.45. The second-order valence-electron chi connectivity index (χ2n) is 4.62. The topological polar surface area (TPSA) is 55.6 Å². The third-order valence-electron chi connectivity index (χ3n) is 3.05. The van der Waals surface area contributed by atoms with Crippen LogP contribution in [0.15, 0.2) is 44.4 Å². The van der Waals surface area contributed by atoms with E-state index in [1.54, 1.807) is 12.3 Å². The van der Waals surface area contributed by atoms with Crippen LogP contribution < -0.4 is 10.2 Å². The summed E-state index contributed by atoms with van der Waals surface area (Å²) in [5.74, 6) is 0.275. The molecule has 1 aromatic carbocycles. The normalized spacial score (nSPS) is 10.9. The molecule has 0 bridgehead atoms. The second kappa shape index (κ2) is 7.60. The average molecular weight is 429 g/mol. The maximum Gasteiger partial charge on any atom is 0.277 e. The minimum atomic E-state index is -0.322. The minimum absolute atomic E-state index is 0.107. The van der Waals surface area contributed by atoms with Crippen molar-refractivity contribution in [2.24, 2.45) is 12.1 Å².